The minimum atomic E-state index is -0.171. The molecule has 0 aliphatic carbocycles. The standard InChI is InChI=1S/C13H15ClN4O/c1-3-11-10(8-18(2)17-11)7-16-13(19)9-4-5-15-12(14)6-9/h4-6,8H,3,7H2,1-2H3,(H,16,19). The van der Waals surface area contributed by atoms with Crippen molar-refractivity contribution in [1.29, 1.82) is 0 Å². The smallest absolute Gasteiger partial charge is 0.251 e. The first-order chi connectivity index (χ1) is 9.10. The Labute approximate surface area is 116 Å². The van der Waals surface area contributed by atoms with E-state index in [-0.39, 0.29) is 5.91 Å². The van der Waals surface area contributed by atoms with Gasteiger partial charge in [-0.1, -0.05) is 18.5 Å². The molecular formula is C13H15ClN4O. The molecule has 2 aromatic rings. The third-order valence-electron chi connectivity index (χ3n) is 2.75. The number of nitrogens with one attached hydrogen (secondary N) is 1. The molecule has 0 radical (unpaired) electrons. The van der Waals surface area contributed by atoms with Crippen LogP contribution in [0.3, 0.4) is 0 Å². The van der Waals surface area contributed by atoms with E-state index in [9.17, 15) is 4.79 Å². The van der Waals surface area contributed by atoms with Crippen LogP contribution in [0.25, 0.3) is 0 Å². The maximum Gasteiger partial charge on any atom is 0.251 e. The van der Waals surface area contributed by atoms with Crippen LogP contribution in [0.15, 0.2) is 24.5 Å². The molecule has 2 rings (SSSR count). The maximum absolute atomic E-state index is 12.0. The summed E-state index contributed by atoms with van der Waals surface area (Å²) in [4.78, 5) is 15.8. The summed E-state index contributed by atoms with van der Waals surface area (Å²) >= 11 is 5.75. The van der Waals surface area contributed by atoms with Crippen LogP contribution < -0.4 is 5.32 Å². The molecule has 0 atom stereocenters. The first-order valence-electron chi connectivity index (χ1n) is 6.01. The summed E-state index contributed by atoms with van der Waals surface area (Å²) in [6.07, 6.45) is 4.27. The Balaban J connectivity index is 2.04. The highest BCUT2D eigenvalue weighted by Crippen LogP contribution is 2.09. The Morgan fingerprint density at radius 1 is 1.53 bits per heavy atom. The van der Waals surface area contributed by atoms with E-state index in [0.29, 0.717) is 17.3 Å². The van der Waals surface area contributed by atoms with Crippen LogP contribution in [0, 0.1) is 0 Å². The molecule has 19 heavy (non-hydrogen) atoms. The summed E-state index contributed by atoms with van der Waals surface area (Å²) in [7, 11) is 1.87. The van der Waals surface area contributed by atoms with E-state index in [1.165, 1.54) is 6.20 Å². The number of carbonyl (C=O) groups excluding carboxylic acids is 1. The van der Waals surface area contributed by atoms with Crippen LogP contribution in [0.2, 0.25) is 5.15 Å². The summed E-state index contributed by atoms with van der Waals surface area (Å²) in [5, 5.41) is 7.49. The van der Waals surface area contributed by atoms with Gasteiger partial charge in [0.1, 0.15) is 5.15 Å². The number of rotatable bonds is 4. The zero-order chi connectivity index (χ0) is 13.8. The van der Waals surface area contributed by atoms with Gasteiger partial charge >= 0.3 is 0 Å². The minimum absolute atomic E-state index is 0.171. The number of aromatic nitrogens is 3. The molecule has 5 nitrogen and oxygen atoms in total. The quantitative estimate of drug-likeness (QED) is 0.870. The molecule has 1 amide bonds. The molecule has 2 aromatic heterocycles. The zero-order valence-corrected chi connectivity index (χ0v) is 11.6. The van der Waals surface area contributed by atoms with Gasteiger partial charge in [0.05, 0.1) is 5.69 Å². The topological polar surface area (TPSA) is 59.8 Å². The second kappa shape index (κ2) is 5.84. The average Bonchev–Trinajstić information content (AvgIpc) is 2.76. The lowest BCUT2D eigenvalue weighted by atomic mass is 10.2. The van der Waals surface area contributed by atoms with Crippen LogP contribution >= 0.6 is 11.6 Å². The number of hydrogen-bond donors (Lipinski definition) is 1. The molecule has 0 unspecified atom stereocenters. The number of nitrogens with zero attached hydrogens (tertiary/aromatic N) is 3. The molecule has 0 saturated heterocycles. The molecule has 0 aromatic carbocycles. The monoisotopic (exact) mass is 278 g/mol. The number of amides is 1. The third-order valence-corrected chi connectivity index (χ3v) is 2.96. The molecule has 0 saturated carbocycles. The van der Waals surface area contributed by atoms with Gasteiger partial charge in [-0.3, -0.25) is 9.48 Å². The lowest BCUT2D eigenvalue weighted by molar-refractivity contribution is 0.0950. The number of carbonyl (C=O) groups is 1. The molecule has 0 bridgehead atoms. The fourth-order valence-electron chi connectivity index (χ4n) is 1.85. The first kappa shape index (κ1) is 13.5. The summed E-state index contributed by atoms with van der Waals surface area (Å²) in [6, 6.07) is 3.17. The summed E-state index contributed by atoms with van der Waals surface area (Å²) in [5.41, 5.74) is 2.52. The fraction of sp³-hybridized carbons (Fsp3) is 0.308. The summed E-state index contributed by atoms with van der Waals surface area (Å²) < 4.78 is 1.75. The molecule has 0 aliphatic heterocycles. The highest BCUT2D eigenvalue weighted by atomic mass is 35.5. The Morgan fingerprint density at radius 2 is 2.32 bits per heavy atom. The number of aryl methyl sites for hydroxylation is 2. The predicted molar refractivity (Wildman–Crippen MR) is 73.0 cm³/mol. The summed E-state index contributed by atoms with van der Waals surface area (Å²) in [6.45, 7) is 2.49. The van der Waals surface area contributed by atoms with Crippen molar-refractivity contribution >= 4 is 17.5 Å². The molecule has 0 aliphatic rings. The largest absolute Gasteiger partial charge is 0.348 e. The van der Waals surface area contributed by atoms with Gasteiger partial charge in [-0.25, -0.2) is 4.98 Å². The van der Waals surface area contributed by atoms with E-state index in [2.05, 4.69) is 15.4 Å². The normalized spacial score (nSPS) is 10.5. The van der Waals surface area contributed by atoms with Crippen molar-refractivity contribution in [1.82, 2.24) is 20.1 Å². The first-order valence-corrected chi connectivity index (χ1v) is 6.39. The van der Waals surface area contributed by atoms with Crippen LogP contribution in [-0.2, 0) is 20.0 Å². The number of pyridine rings is 1. The third kappa shape index (κ3) is 3.32. The van der Waals surface area contributed by atoms with Crippen LogP contribution in [0.1, 0.15) is 28.5 Å². The van der Waals surface area contributed by atoms with Gasteiger partial charge in [-0.05, 0) is 18.6 Å². The molecule has 0 spiro atoms. The Bertz CT molecular complexity index is 594. The van der Waals surface area contributed by atoms with Crippen molar-refractivity contribution in [2.45, 2.75) is 19.9 Å². The van der Waals surface area contributed by atoms with Gasteiger partial charge < -0.3 is 5.32 Å². The van der Waals surface area contributed by atoms with Gasteiger partial charge in [0, 0.05) is 37.1 Å². The van der Waals surface area contributed by atoms with Crippen molar-refractivity contribution < 1.29 is 4.79 Å². The van der Waals surface area contributed by atoms with Gasteiger partial charge in [0.25, 0.3) is 5.91 Å². The lowest BCUT2D eigenvalue weighted by Gasteiger charge is -2.05. The van der Waals surface area contributed by atoms with Gasteiger partial charge in [-0.15, -0.1) is 0 Å². The minimum Gasteiger partial charge on any atom is -0.348 e. The Kier molecular flexibility index (Phi) is 4.16. The van der Waals surface area contributed by atoms with Crippen molar-refractivity contribution in [3.05, 3.63) is 46.5 Å². The SMILES string of the molecule is CCc1nn(C)cc1CNC(=O)c1ccnc(Cl)c1. The van der Waals surface area contributed by atoms with E-state index in [1.54, 1.807) is 16.8 Å². The van der Waals surface area contributed by atoms with Crippen molar-refractivity contribution in [3.8, 4) is 0 Å². The molecule has 6 heteroatoms. The van der Waals surface area contributed by atoms with Gasteiger partial charge in [-0.2, -0.15) is 5.10 Å². The number of halogens is 1. The fourth-order valence-corrected chi connectivity index (χ4v) is 2.02. The number of hydrogen-bond acceptors (Lipinski definition) is 3. The van der Waals surface area contributed by atoms with Crippen LogP contribution in [0.4, 0.5) is 0 Å². The molecule has 0 fully saturated rings. The van der Waals surface area contributed by atoms with Crippen LogP contribution in [0.5, 0.6) is 0 Å². The second-order valence-electron chi connectivity index (χ2n) is 4.18. The van der Waals surface area contributed by atoms with Crippen molar-refractivity contribution in [2.24, 2.45) is 7.05 Å². The average molecular weight is 279 g/mol. The van der Waals surface area contributed by atoms with E-state index < -0.39 is 0 Å². The van der Waals surface area contributed by atoms with E-state index in [0.717, 1.165) is 17.7 Å². The second-order valence-corrected chi connectivity index (χ2v) is 4.57. The zero-order valence-electron chi connectivity index (χ0n) is 10.9. The lowest BCUT2D eigenvalue weighted by Crippen LogP contribution is -2.23. The van der Waals surface area contributed by atoms with Crippen molar-refractivity contribution in [2.75, 3.05) is 0 Å². The van der Waals surface area contributed by atoms with E-state index >= 15 is 0 Å². The molecule has 2 heterocycles. The van der Waals surface area contributed by atoms with Gasteiger partial charge in [0.15, 0.2) is 0 Å². The predicted octanol–water partition coefficient (Wildman–Crippen LogP) is 1.96. The van der Waals surface area contributed by atoms with E-state index in [4.69, 9.17) is 11.6 Å². The molecule has 100 valence electrons. The van der Waals surface area contributed by atoms with Crippen molar-refractivity contribution in [3.63, 3.8) is 0 Å². The Hall–Kier alpha value is -1.88. The van der Waals surface area contributed by atoms with Gasteiger partial charge in [0.2, 0.25) is 0 Å². The Morgan fingerprint density at radius 3 is 3.00 bits per heavy atom. The molecule has 1 N–H and O–H groups in total. The highest BCUT2D eigenvalue weighted by Gasteiger charge is 2.09. The highest BCUT2D eigenvalue weighted by molar-refractivity contribution is 6.29. The maximum atomic E-state index is 12.0. The van der Waals surface area contributed by atoms with E-state index in [1.807, 2.05) is 20.2 Å². The molecular weight excluding hydrogens is 264 g/mol. The summed E-state index contributed by atoms with van der Waals surface area (Å²) in [5.74, 6) is -0.171. The van der Waals surface area contributed by atoms with Crippen LogP contribution in [-0.4, -0.2) is 20.7 Å².